The third-order valence-electron chi connectivity index (χ3n) is 3.83. The Kier molecular flexibility index (Phi) is 3.42. The smallest absolute Gasteiger partial charge is 0.332 e. The third-order valence-corrected chi connectivity index (χ3v) is 3.83. The Bertz CT molecular complexity index is 937. The minimum absolute atomic E-state index is 0.155. The van der Waals surface area contributed by atoms with Gasteiger partial charge in [-0.1, -0.05) is 30.3 Å². The summed E-state index contributed by atoms with van der Waals surface area (Å²) in [6, 6.07) is 9.39. The fraction of sp³-hybridized carbons (Fsp3) is 0.267. The molecule has 3 aromatic rings. The molecule has 7 nitrogen and oxygen atoms in total. The highest BCUT2D eigenvalue weighted by molar-refractivity contribution is 5.70. The Morgan fingerprint density at radius 3 is 2.50 bits per heavy atom. The molecule has 1 unspecified atom stereocenters. The van der Waals surface area contributed by atoms with E-state index in [4.69, 9.17) is 0 Å². The van der Waals surface area contributed by atoms with Crippen LogP contribution < -0.4 is 11.2 Å². The summed E-state index contributed by atoms with van der Waals surface area (Å²) in [6.07, 6.45) is 0. The first-order valence-corrected chi connectivity index (χ1v) is 6.86. The SMILES string of the molecule is Cn1c(=O)c2[nH]c(C(CO)c3ccccc3)nc2n(C)c1=O. The van der Waals surface area contributed by atoms with Crippen molar-refractivity contribution in [3.63, 3.8) is 0 Å². The first kappa shape index (κ1) is 14.3. The van der Waals surface area contributed by atoms with Crippen molar-refractivity contribution in [3.05, 3.63) is 62.6 Å². The van der Waals surface area contributed by atoms with Crippen LogP contribution in [0.1, 0.15) is 17.3 Å². The number of H-pyrrole nitrogens is 1. The molecule has 0 bridgehead atoms. The number of benzene rings is 1. The van der Waals surface area contributed by atoms with E-state index < -0.39 is 11.2 Å². The van der Waals surface area contributed by atoms with Crippen LogP contribution in [-0.4, -0.2) is 30.8 Å². The molecule has 114 valence electrons. The number of hydrogen-bond donors (Lipinski definition) is 2. The number of aliphatic hydroxyl groups excluding tert-OH is 1. The molecule has 0 amide bonds. The number of imidazole rings is 1. The van der Waals surface area contributed by atoms with Gasteiger partial charge in [-0.3, -0.25) is 13.9 Å². The summed E-state index contributed by atoms with van der Waals surface area (Å²) in [4.78, 5) is 31.4. The zero-order valence-corrected chi connectivity index (χ0v) is 12.3. The number of rotatable bonds is 3. The van der Waals surface area contributed by atoms with E-state index in [0.29, 0.717) is 5.82 Å². The monoisotopic (exact) mass is 300 g/mol. The first-order chi connectivity index (χ1) is 10.5. The van der Waals surface area contributed by atoms with Crippen LogP contribution in [0.5, 0.6) is 0 Å². The van der Waals surface area contributed by atoms with E-state index in [2.05, 4.69) is 9.97 Å². The average molecular weight is 300 g/mol. The molecular weight excluding hydrogens is 284 g/mol. The van der Waals surface area contributed by atoms with E-state index in [1.165, 1.54) is 11.6 Å². The first-order valence-electron chi connectivity index (χ1n) is 6.86. The molecule has 0 aliphatic heterocycles. The van der Waals surface area contributed by atoms with Crippen molar-refractivity contribution in [1.29, 1.82) is 0 Å². The highest BCUT2D eigenvalue weighted by Gasteiger charge is 2.20. The van der Waals surface area contributed by atoms with Crippen molar-refractivity contribution in [3.8, 4) is 0 Å². The lowest BCUT2D eigenvalue weighted by atomic mass is 10.00. The quantitative estimate of drug-likeness (QED) is 0.716. The molecule has 2 aromatic heterocycles. The average Bonchev–Trinajstić information content (AvgIpc) is 2.98. The number of aromatic amines is 1. The molecule has 3 rings (SSSR count). The lowest BCUT2D eigenvalue weighted by molar-refractivity contribution is 0.277. The second kappa shape index (κ2) is 5.27. The van der Waals surface area contributed by atoms with Crippen molar-refractivity contribution in [2.75, 3.05) is 6.61 Å². The van der Waals surface area contributed by atoms with Crippen LogP contribution in [0.4, 0.5) is 0 Å². The number of hydrogen-bond acceptors (Lipinski definition) is 4. The Labute approximate surface area is 125 Å². The van der Waals surface area contributed by atoms with E-state index in [1.807, 2.05) is 30.3 Å². The van der Waals surface area contributed by atoms with Gasteiger partial charge in [0.2, 0.25) is 0 Å². The molecule has 0 saturated carbocycles. The molecule has 0 fully saturated rings. The summed E-state index contributed by atoms with van der Waals surface area (Å²) in [5.74, 6) is 0.0791. The van der Waals surface area contributed by atoms with Gasteiger partial charge in [0.15, 0.2) is 5.65 Å². The molecule has 2 N–H and O–H groups in total. The van der Waals surface area contributed by atoms with E-state index in [1.54, 1.807) is 7.05 Å². The molecule has 2 heterocycles. The summed E-state index contributed by atoms with van der Waals surface area (Å²) in [7, 11) is 2.98. The summed E-state index contributed by atoms with van der Waals surface area (Å²) in [5, 5.41) is 9.69. The third kappa shape index (κ3) is 2.06. The highest BCUT2D eigenvalue weighted by atomic mass is 16.3. The van der Waals surface area contributed by atoms with Gasteiger partial charge in [-0.2, -0.15) is 0 Å². The molecule has 0 aliphatic rings. The van der Waals surface area contributed by atoms with Gasteiger partial charge < -0.3 is 10.1 Å². The molecule has 0 aliphatic carbocycles. The van der Waals surface area contributed by atoms with Gasteiger partial charge in [0.05, 0.1) is 12.5 Å². The summed E-state index contributed by atoms with van der Waals surface area (Å²) in [5.41, 5.74) is 0.565. The number of fused-ring (bicyclic) bond motifs is 1. The van der Waals surface area contributed by atoms with Gasteiger partial charge in [-0.15, -0.1) is 0 Å². The Balaban J connectivity index is 2.25. The van der Waals surface area contributed by atoms with Crippen molar-refractivity contribution >= 4 is 11.2 Å². The van der Waals surface area contributed by atoms with Crippen LogP contribution in [0.25, 0.3) is 11.2 Å². The number of aliphatic hydroxyl groups is 1. The maximum absolute atomic E-state index is 12.2. The minimum atomic E-state index is -0.434. The summed E-state index contributed by atoms with van der Waals surface area (Å²) >= 11 is 0. The molecule has 0 saturated heterocycles. The molecule has 0 spiro atoms. The Hall–Kier alpha value is -2.67. The predicted molar refractivity (Wildman–Crippen MR) is 81.9 cm³/mol. The number of nitrogens with zero attached hydrogens (tertiary/aromatic N) is 3. The summed E-state index contributed by atoms with van der Waals surface area (Å²) < 4.78 is 2.34. The van der Waals surface area contributed by atoms with Gasteiger partial charge in [-0.25, -0.2) is 9.78 Å². The van der Waals surface area contributed by atoms with Crippen molar-refractivity contribution in [2.45, 2.75) is 5.92 Å². The number of aryl methyl sites for hydroxylation is 1. The molecule has 0 radical (unpaired) electrons. The van der Waals surface area contributed by atoms with Crippen molar-refractivity contribution < 1.29 is 5.11 Å². The normalized spacial score (nSPS) is 12.7. The summed E-state index contributed by atoms with van der Waals surface area (Å²) in [6.45, 7) is -0.155. The van der Waals surface area contributed by atoms with Gasteiger partial charge >= 0.3 is 5.69 Å². The van der Waals surface area contributed by atoms with Crippen LogP contribution in [0.15, 0.2) is 39.9 Å². The van der Waals surface area contributed by atoms with Crippen molar-refractivity contribution in [1.82, 2.24) is 19.1 Å². The zero-order chi connectivity index (χ0) is 15.9. The van der Waals surface area contributed by atoms with Gasteiger partial charge in [0, 0.05) is 14.1 Å². The maximum Gasteiger partial charge on any atom is 0.332 e. The topological polar surface area (TPSA) is 92.9 Å². The van der Waals surface area contributed by atoms with E-state index >= 15 is 0 Å². The lowest BCUT2D eigenvalue weighted by Gasteiger charge is -2.11. The zero-order valence-electron chi connectivity index (χ0n) is 12.3. The second-order valence-electron chi connectivity index (χ2n) is 5.17. The fourth-order valence-corrected chi connectivity index (χ4v) is 2.54. The van der Waals surface area contributed by atoms with Gasteiger partial charge in [-0.05, 0) is 5.56 Å². The molecular formula is C15H16N4O3. The lowest BCUT2D eigenvalue weighted by Crippen LogP contribution is -2.36. The largest absolute Gasteiger partial charge is 0.395 e. The van der Waals surface area contributed by atoms with Crippen molar-refractivity contribution in [2.24, 2.45) is 14.1 Å². The van der Waals surface area contributed by atoms with Crippen LogP contribution in [0.3, 0.4) is 0 Å². The Morgan fingerprint density at radius 1 is 1.18 bits per heavy atom. The van der Waals surface area contributed by atoms with E-state index in [-0.39, 0.29) is 23.7 Å². The molecule has 7 heteroatoms. The molecule has 1 atom stereocenters. The van der Waals surface area contributed by atoms with Crippen LogP contribution in [0.2, 0.25) is 0 Å². The second-order valence-corrected chi connectivity index (χ2v) is 5.17. The number of nitrogens with one attached hydrogen (secondary N) is 1. The maximum atomic E-state index is 12.2. The van der Waals surface area contributed by atoms with Gasteiger partial charge in [0.25, 0.3) is 5.56 Å². The Morgan fingerprint density at radius 2 is 1.86 bits per heavy atom. The fourth-order valence-electron chi connectivity index (χ4n) is 2.54. The molecule has 22 heavy (non-hydrogen) atoms. The van der Waals surface area contributed by atoms with E-state index in [0.717, 1.165) is 10.1 Å². The van der Waals surface area contributed by atoms with Crippen LogP contribution in [0, 0.1) is 0 Å². The molecule has 1 aromatic carbocycles. The van der Waals surface area contributed by atoms with Gasteiger partial charge in [0.1, 0.15) is 11.3 Å². The van der Waals surface area contributed by atoms with Crippen LogP contribution in [-0.2, 0) is 14.1 Å². The predicted octanol–water partition coefficient (Wildman–Crippen LogP) is 0.0845. The number of aromatic nitrogens is 4. The minimum Gasteiger partial charge on any atom is -0.395 e. The van der Waals surface area contributed by atoms with Crippen LogP contribution >= 0.6 is 0 Å². The van der Waals surface area contributed by atoms with E-state index in [9.17, 15) is 14.7 Å². The highest BCUT2D eigenvalue weighted by Crippen LogP contribution is 2.22. The standard InChI is InChI=1S/C15H16N4O3/c1-18-13-11(14(21)19(2)15(18)22)16-12(17-13)10(8-20)9-6-4-3-5-7-9/h3-7,10,20H,8H2,1-2H3,(H,16,17).